The average molecular weight is 291 g/mol. The fraction of sp³-hybridized carbons (Fsp3) is 0.182. The van der Waals surface area contributed by atoms with E-state index in [-0.39, 0.29) is 17.8 Å². The Morgan fingerprint density at radius 1 is 1.48 bits per heavy atom. The van der Waals surface area contributed by atoms with Crippen LogP contribution in [0.25, 0.3) is 0 Å². The number of nitrogen functional groups attached to an aromatic ring is 1. The lowest BCUT2D eigenvalue weighted by atomic mass is 10.1. The van der Waals surface area contributed by atoms with E-state index < -0.39 is 10.8 Å². The minimum Gasteiger partial charge on any atom is -0.350 e. The van der Waals surface area contributed by atoms with E-state index >= 15 is 0 Å². The second-order valence-corrected chi connectivity index (χ2v) is 4.06. The molecule has 0 saturated carbocycles. The molecule has 1 aromatic heterocycles. The third kappa shape index (κ3) is 3.51. The minimum atomic E-state index is -0.618. The maximum atomic E-state index is 12.0. The van der Waals surface area contributed by atoms with Crippen molar-refractivity contribution in [2.45, 2.75) is 6.54 Å². The lowest BCUT2D eigenvalue weighted by molar-refractivity contribution is -0.385. The maximum absolute atomic E-state index is 12.0. The van der Waals surface area contributed by atoms with E-state index in [1.807, 2.05) is 0 Å². The van der Waals surface area contributed by atoms with Crippen LogP contribution >= 0.6 is 0 Å². The Balaban J connectivity index is 2.08. The molecular formula is C11H13N7O3. The van der Waals surface area contributed by atoms with Gasteiger partial charge in [0.05, 0.1) is 17.7 Å². The van der Waals surface area contributed by atoms with Crippen LogP contribution in [0.1, 0.15) is 10.4 Å². The second-order valence-electron chi connectivity index (χ2n) is 4.06. The number of carbonyl (C=O) groups is 1. The van der Waals surface area contributed by atoms with E-state index in [1.165, 1.54) is 29.1 Å². The number of hydrazine groups is 1. The van der Waals surface area contributed by atoms with Gasteiger partial charge < -0.3 is 10.7 Å². The molecule has 0 spiro atoms. The van der Waals surface area contributed by atoms with Crippen LogP contribution in [0.3, 0.4) is 0 Å². The molecule has 0 radical (unpaired) electrons. The molecule has 10 heteroatoms. The number of rotatable bonds is 6. The number of carbonyl (C=O) groups excluding carboxylic acids is 1. The highest BCUT2D eigenvalue weighted by molar-refractivity contribution is 5.99. The molecule has 0 atom stereocenters. The summed E-state index contributed by atoms with van der Waals surface area (Å²) >= 11 is 0. The first-order chi connectivity index (χ1) is 10.1. The van der Waals surface area contributed by atoms with Gasteiger partial charge >= 0.3 is 0 Å². The predicted octanol–water partition coefficient (Wildman–Crippen LogP) is -0.0981. The summed E-state index contributed by atoms with van der Waals surface area (Å²) in [6, 6.07) is 3.97. The zero-order chi connectivity index (χ0) is 15.2. The van der Waals surface area contributed by atoms with Crippen molar-refractivity contribution in [3.8, 4) is 0 Å². The molecule has 0 aliphatic heterocycles. The largest absolute Gasteiger partial charge is 0.350 e. The normalized spacial score (nSPS) is 10.1. The summed E-state index contributed by atoms with van der Waals surface area (Å²) in [6.45, 7) is 0.675. The Labute approximate surface area is 119 Å². The molecule has 1 amide bonds. The van der Waals surface area contributed by atoms with Crippen LogP contribution in [0.5, 0.6) is 0 Å². The highest BCUT2D eigenvalue weighted by Crippen LogP contribution is 2.22. The van der Waals surface area contributed by atoms with Crippen LogP contribution in [0.15, 0.2) is 30.6 Å². The van der Waals surface area contributed by atoms with Crippen LogP contribution in [-0.2, 0) is 6.54 Å². The third-order valence-electron chi connectivity index (χ3n) is 2.70. The molecule has 0 unspecified atom stereocenters. The number of benzene rings is 1. The van der Waals surface area contributed by atoms with Crippen LogP contribution in [0.4, 0.5) is 11.4 Å². The van der Waals surface area contributed by atoms with Gasteiger partial charge in [0.2, 0.25) is 0 Å². The van der Waals surface area contributed by atoms with Crippen LogP contribution < -0.4 is 16.6 Å². The molecule has 0 aliphatic rings. The van der Waals surface area contributed by atoms with Crippen molar-refractivity contribution >= 4 is 17.3 Å². The lowest BCUT2D eigenvalue weighted by Gasteiger charge is -2.07. The highest BCUT2D eigenvalue weighted by atomic mass is 16.6. The molecule has 0 fully saturated rings. The van der Waals surface area contributed by atoms with E-state index in [0.29, 0.717) is 12.2 Å². The van der Waals surface area contributed by atoms with Gasteiger partial charge in [0.25, 0.3) is 11.6 Å². The SMILES string of the molecule is NNc1ccc([N+](=O)[O-])c(C(=O)NCCn2ccnn2)c1. The summed E-state index contributed by atoms with van der Waals surface area (Å²) in [5.41, 5.74) is 2.40. The first-order valence-electron chi connectivity index (χ1n) is 5.99. The summed E-state index contributed by atoms with van der Waals surface area (Å²) in [7, 11) is 0. The van der Waals surface area contributed by atoms with E-state index in [2.05, 4.69) is 21.1 Å². The number of nitrogens with zero attached hydrogens (tertiary/aromatic N) is 4. The number of anilines is 1. The number of nitro groups is 1. The van der Waals surface area contributed by atoms with Crippen molar-refractivity contribution in [2.75, 3.05) is 12.0 Å². The molecular weight excluding hydrogens is 278 g/mol. The van der Waals surface area contributed by atoms with E-state index in [1.54, 1.807) is 6.20 Å². The topological polar surface area (TPSA) is 141 Å². The Hall–Kier alpha value is -3.01. The van der Waals surface area contributed by atoms with Gasteiger partial charge in [-0.2, -0.15) is 0 Å². The smallest absolute Gasteiger partial charge is 0.282 e. The highest BCUT2D eigenvalue weighted by Gasteiger charge is 2.20. The average Bonchev–Trinajstić information content (AvgIpc) is 2.99. The quantitative estimate of drug-likeness (QED) is 0.383. The van der Waals surface area contributed by atoms with Crippen LogP contribution in [0.2, 0.25) is 0 Å². The molecule has 4 N–H and O–H groups in total. The molecule has 0 bridgehead atoms. The monoisotopic (exact) mass is 291 g/mol. The van der Waals surface area contributed by atoms with Gasteiger partial charge in [0, 0.05) is 24.5 Å². The van der Waals surface area contributed by atoms with Crippen molar-refractivity contribution in [3.63, 3.8) is 0 Å². The number of hydrogen-bond donors (Lipinski definition) is 3. The van der Waals surface area contributed by atoms with Gasteiger partial charge in [-0.05, 0) is 12.1 Å². The zero-order valence-electron chi connectivity index (χ0n) is 10.9. The molecule has 2 aromatic rings. The van der Waals surface area contributed by atoms with Crippen molar-refractivity contribution in [3.05, 3.63) is 46.3 Å². The van der Waals surface area contributed by atoms with Crippen molar-refractivity contribution in [1.82, 2.24) is 20.3 Å². The molecule has 0 saturated heterocycles. The van der Waals surface area contributed by atoms with Gasteiger partial charge in [-0.25, -0.2) is 0 Å². The summed E-state index contributed by atoms with van der Waals surface area (Å²) in [5.74, 6) is 4.68. The number of amides is 1. The molecule has 21 heavy (non-hydrogen) atoms. The standard InChI is InChI=1S/C11H13N7O3/c12-15-8-1-2-10(18(20)21)9(7-8)11(19)13-3-5-17-6-4-14-16-17/h1-2,4,6-7,15H,3,5,12H2,(H,13,19). The first kappa shape index (κ1) is 14.4. The first-order valence-corrected chi connectivity index (χ1v) is 5.99. The Morgan fingerprint density at radius 2 is 2.29 bits per heavy atom. The number of nitrogens with two attached hydrogens (primary N) is 1. The zero-order valence-corrected chi connectivity index (χ0v) is 10.9. The number of nitro benzene ring substituents is 1. The fourth-order valence-corrected chi connectivity index (χ4v) is 1.70. The number of hydrogen-bond acceptors (Lipinski definition) is 7. The van der Waals surface area contributed by atoms with Gasteiger partial charge in [-0.15, -0.1) is 5.10 Å². The summed E-state index contributed by atoms with van der Waals surface area (Å²) in [5, 5.41) is 20.9. The molecule has 2 rings (SSSR count). The second kappa shape index (κ2) is 6.43. The van der Waals surface area contributed by atoms with Gasteiger partial charge in [-0.3, -0.25) is 25.4 Å². The van der Waals surface area contributed by atoms with Crippen molar-refractivity contribution in [1.29, 1.82) is 0 Å². The summed E-state index contributed by atoms with van der Waals surface area (Å²) < 4.78 is 1.53. The Morgan fingerprint density at radius 3 is 2.90 bits per heavy atom. The summed E-state index contributed by atoms with van der Waals surface area (Å²) in [4.78, 5) is 22.4. The van der Waals surface area contributed by atoms with Crippen molar-refractivity contribution < 1.29 is 9.72 Å². The van der Waals surface area contributed by atoms with E-state index in [4.69, 9.17) is 5.84 Å². The summed E-state index contributed by atoms with van der Waals surface area (Å²) in [6.07, 6.45) is 3.16. The number of nitrogens with one attached hydrogen (secondary N) is 2. The fourth-order valence-electron chi connectivity index (χ4n) is 1.70. The maximum Gasteiger partial charge on any atom is 0.282 e. The minimum absolute atomic E-state index is 0.0611. The van der Waals surface area contributed by atoms with Gasteiger partial charge in [0.1, 0.15) is 5.56 Å². The molecule has 0 aliphatic carbocycles. The van der Waals surface area contributed by atoms with E-state index in [9.17, 15) is 14.9 Å². The Kier molecular flexibility index (Phi) is 4.41. The molecule has 1 aromatic carbocycles. The van der Waals surface area contributed by atoms with Gasteiger partial charge in [-0.1, -0.05) is 5.21 Å². The van der Waals surface area contributed by atoms with E-state index in [0.717, 1.165) is 0 Å². The Bertz CT molecular complexity index is 641. The van der Waals surface area contributed by atoms with Crippen LogP contribution in [0, 0.1) is 10.1 Å². The third-order valence-corrected chi connectivity index (χ3v) is 2.70. The van der Waals surface area contributed by atoms with Crippen LogP contribution in [-0.4, -0.2) is 32.4 Å². The molecule has 10 nitrogen and oxygen atoms in total. The molecule has 1 heterocycles. The van der Waals surface area contributed by atoms with Crippen molar-refractivity contribution in [2.24, 2.45) is 5.84 Å². The predicted molar refractivity (Wildman–Crippen MR) is 73.3 cm³/mol. The molecule has 110 valence electrons. The van der Waals surface area contributed by atoms with Gasteiger partial charge in [0.15, 0.2) is 0 Å². The number of aromatic nitrogens is 3. The lowest BCUT2D eigenvalue weighted by Crippen LogP contribution is -2.28.